The van der Waals surface area contributed by atoms with Crippen LogP contribution in [0.4, 0.5) is 4.79 Å². The number of halogens is 2. The molecule has 0 saturated carbocycles. The van der Waals surface area contributed by atoms with Crippen molar-refractivity contribution < 1.29 is 14.7 Å². The van der Waals surface area contributed by atoms with Crippen LogP contribution >= 0.6 is 35.0 Å². The van der Waals surface area contributed by atoms with Gasteiger partial charge in [-0.2, -0.15) is 0 Å². The van der Waals surface area contributed by atoms with Crippen LogP contribution in [0.3, 0.4) is 0 Å². The summed E-state index contributed by atoms with van der Waals surface area (Å²) in [5.41, 5.74) is 2.38. The maximum atomic E-state index is 14.0. The second kappa shape index (κ2) is 10.1. The Labute approximate surface area is 237 Å². The van der Waals surface area contributed by atoms with E-state index in [1.54, 1.807) is 4.90 Å². The molecule has 0 unspecified atom stereocenters. The van der Waals surface area contributed by atoms with Crippen LogP contribution in [0.2, 0.25) is 10.0 Å². The van der Waals surface area contributed by atoms with Gasteiger partial charge in [-0.3, -0.25) is 4.79 Å². The van der Waals surface area contributed by atoms with Crippen molar-refractivity contribution in [1.82, 2.24) is 14.7 Å². The molecule has 10 heteroatoms. The molecule has 3 aliphatic heterocycles. The van der Waals surface area contributed by atoms with Crippen molar-refractivity contribution in [3.8, 4) is 0 Å². The summed E-state index contributed by atoms with van der Waals surface area (Å²) in [6.07, 6.45) is -0.954. The van der Waals surface area contributed by atoms with E-state index in [4.69, 9.17) is 28.2 Å². The number of thioether (sulfide) groups is 1. The number of carbonyl (C=O) groups excluding carboxylic acids is 1. The standard InChI is InChI=1S/C28H30Cl2N4O3S/c1-5-33(21-14-32(15-21)27(36)37)25(35)23-22(16(2)3)34-24(17-6-10-19(29)11-7-17)28(4,31-26(34)38-23)18-8-12-20(30)13-9-18/h6-13,16,21,24H,5,14-15H2,1-4H3,(H,36,37)/t24-,28+/m1/s1. The lowest BCUT2D eigenvalue weighted by Gasteiger charge is -2.43. The number of aliphatic imine (C=N–C) groups is 1. The average molecular weight is 574 g/mol. The van der Waals surface area contributed by atoms with Gasteiger partial charge in [0.15, 0.2) is 5.17 Å². The Bertz CT molecular complexity index is 1320. The number of fused-ring (bicyclic) bond motifs is 1. The topological polar surface area (TPSA) is 76.5 Å². The van der Waals surface area contributed by atoms with Crippen molar-refractivity contribution in [3.63, 3.8) is 0 Å². The number of rotatable bonds is 6. The lowest BCUT2D eigenvalue weighted by molar-refractivity contribution is -0.131. The van der Waals surface area contributed by atoms with E-state index in [9.17, 15) is 14.7 Å². The Morgan fingerprint density at radius 1 is 1.11 bits per heavy atom. The Morgan fingerprint density at radius 3 is 2.21 bits per heavy atom. The molecule has 1 saturated heterocycles. The quantitative estimate of drug-likeness (QED) is 0.430. The second-order valence-electron chi connectivity index (χ2n) is 10.3. The first kappa shape index (κ1) is 26.9. The summed E-state index contributed by atoms with van der Waals surface area (Å²) < 4.78 is 0. The van der Waals surface area contributed by atoms with Gasteiger partial charge >= 0.3 is 6.09 Å². The zero-order chi connectivity index (χ0) is 27.4. The van der Waals surface area contributed by atoms with Crippen molar-refractivity contribution in [2.45, 2.75) is 45.3 Å². The molecule has 38 heavy (non-hydrogen) atoms. The highest BCUT2D eigenvalue weighted by Crippen LogP contribution is 2.56. The molecular formula is C28H30Cl2N4O3S. The molecule has 5 rings (SSSR count). The minimum atomic E-state index is -0.954. The Morgan fingerprint density at radius 2 is 1.68 bits per heavy atom. The molecule has 3 aliphatic rings. The van der Waals surface area contributed by atoms with Crippen LogP contribution in [0, 0.1) is 5.92 Å². The van der Waals surface area contributed by atoms with E-state index in [2.05, 4.69) is 25.7 Å². The van der Waals surface area contributed by atoms with Crippen molar-refractivity contribution in [2.75, 3.05) is 19.6 Å². The minimum Gasteiger partial charge on any atom is -0.465 e. The van der Waals surface area contributed by atoms with Gasteiger partial charge in [0.25, 0.3) is 5.91 Å². The number of carbonyl (C=O) groups is 2. The van der Waals surface area contributed by atoms with E-state index < -0.39 is 11.6 Å². The van der Waals surface area contributed by atoms with E-state index in [0.717, 1.165) is 22.0 Å². The summed E-state index contributed by atoms with van der Waals surface area (Å²) in [5, 5.41) is 11.4. The monoisotopic (exact) mass is 572 g/mol. The van der Waals surface area contributed by atoms with Gasteiger partial charge in [-0.1, -0.05) is 61.3 Å². The number of likely N-dealkylation sites (N-methyl/N-ethyl adjacent to an activating group) is 1. The first-order valence-corrected chi connectivity index (χ1v) is 14.2. The van der Waals surface area contributed by atoms with E-state index >= 15 is 0 Å². The Hall–Kier alpha value is -2.68. The summed E-state index contributed by atoms with van der Waals surface area (Å²) in [4.78, 5) is 36.5. The number of allylic oxidation sites excluding steroid dienone is 1. The molecule has 2 atom stereocenters. The molecule has 0 radical (unpaired) electrons. The summed E-state index contributed by atoms with van der Waals surface area (Å²) in [5.74, 6) is -0.0245. The lowest BCUT2D eigenvalue weighted by atomic mass is 9.81. The maximum Gasteiger partial charge on any atom is 0.407 e. The zero-order valence-electron chi connectivity index (χ0n) is 21.7. The van der Waals surface area contributed by atoms with E-state index in [1.807, 2.05) is 55.5 Å². The van der Waals surface area contributed by atoms with Gasteiger partial charge in [0.05, 0.1) is 12.1 Å². The van der Waals surface area contributed by atoms with Crippen LogP contribution < -0.4 is 0 Å². The number of hydrogen-bond donors (Lipinski definition) is 1. The number of likely N-dealkylation sites (tertiary alicyclic amines) is 1. The van der Waals surface area contributed by atoms with Crippen molar-refractivity contribution >= 4 is 52.1 Å². The highest BCUT2D eigenvalue weighted by Gasteiger charge is 2.53. The molecule has 0 aromatic heterocycles. The molecule has 2 aromatic rings. The number of benzene rings is 2. The number of hydrogen-bond acceptors (Lipinski definition) is 5. The number of carboxylic acid groups (broad SMARTS) is 1. The first-order valence-electron chi connectivity index (χ1n) is 12.7. The summed E-state index contributed by atoms with van der Waals surface area (Å²) >= 11 is 13.9. The fourth-order valence-corrected chi connectivity index (χ4v) is 7.19. The SMILES string of the molecule is CCN(C(=O)C1=C(C(C)C)N2C(=N[C@@](C)(c3ccc(Cl)cc3)[C@H]2c2ccc(Cl)cc2)S1)C1CN(C(=O)O)C1. The van der Waals surface area contributed by atoms with Crippen LogP contribution in [0.25, 0.3) is 0 Å². The molecular weight excluding hydrogens is 543 g/mol. The Balaban J connectivity index is 1.57. The normalized spacial score (nSPS) is 23.0. The molecule has 0 spiro atoms. The van der Waals surface area contributed by atoms with Gasteiger partial charge in [-0.05, 0) is 66.9 Å². The number of amides is 2. The molecule has 0 bridgehead atoms. The predicted molar refractivity (Wildman–Crippen MR) is 152 cm³/mol. The van der Waals surface area contributed by atoms with Gasteiger partial charge in [0, 0.05) is 35.4 Å². The fourth-order valence-electron chi connectivity index (χ4n) is 5.57. The second-order valence-corrected chi connectivity index (χ2v) is 12.1. The van der Waals surface area contributed by atoms with Crippen molar-refractivity contribution in [2.24, 2.45) is 10.9 Å². The average Bonchev–Trinajstić information content (AvgIpc) is 3.34. The van der Waals surface area contributed by atoms with Crippen LogP contribution in [0.15, 0.2) is 64.1 Å². The first-order chi connectivity index (χ1) is 18.0. The number of amidine groups is 1. The molecule has 7 nitrogen and oxygen atoms in total. The van der Waals surface area contributed by atoms with E-state index in [1.165, 1.54) is 16.7 Å². The third-order valence-corrected chi connectivity index (χ3v) is 9.10. The summed E-state index contributed by atoms with van der Waals surface area (Å²) in [6, 6.07) is 15.3. The molecule has 0 aliphatic carbocycles. The van der Waals surface area contributed by atoms with Gasteiger partial charge in [0.1, 0.15) is 10.4 Å². The fraction of sp³-hybridized carbons (Fsp3) is 0.393. The zero-order valence-corrected chi connectivity index (χ0v) is 24.0. The van der Waals surface area contributed by atoms with Crippen LogP contribution in [-0.4, -0.2) is 62.7 Å². The molecule has 3 heterocycles. The molecule has 1 fully saturated rings. The van der Waals surface area contributed by atoms with Crippen molar-refractivity contribution in [1.29, 1.82) is 0 Å². The lowest BCUT2D eigenvalue weighted by Crippen LogP contribution is -2.62. The van der Waals surface area contributed by atoms with Crippen LogP contribution in [0.5, 0.6) is 0 Å². The van der Waals surface area contributed by atoms with Gasteiger partial charge in [0.2, 0.25) is 0 Å². The third kappa shape index (κ3) is 4.46. The van der Waals surface area contributed by atoms with Gasteiger partial charge in [-0.15, -0.1) is 0 Å². The third-order valence-electron chi connectivity index (χ3n) is 7.54. The van der Waals surface area contributed by atoms with Gasteiger partial charge < -0.3 is 19.8 Å². The van der Waals surface area contributed by atoms with Crippen LogP contribution in [-0.2, 0) is 10.3 Å². The van der Waals surface area contributed by atoms with Gasteiger partial charge in [-0.25, -0.2) is 9.79 Å². The van der Waals surface area contributed by atoms with Crippen molar-refractivity contribution in [3.05, 3.63) is 80.3 Å². The van der Waals surface area contributed by atoms with E-state index in [0.29, 0.717) is 34.6 Å². The number of nitrogens with zero attached hydrogens (tertiary/aromatic N) is 4. The van der Waals surface area contributed by atoms with Crippen LogP contribution in [0.1, 0.15) is 44.9 Å². The Kier molecular flexibility index (Phi) is 7.18. The highest BCUT2D eigenvalue weighted by atomic mass is 35.5. The summed E-state index contributed by atoms with van der Waals surface area (Å²) in [7, 11) is 0. The molecule has 200 valence electrons. The molecule has 1 N–H and O–H groups in total. The minimum absolute atomic E-state index is 0.0483. The predicted octanol–water partition coefficient (Wildman–Crippen LogP) is 6.45. The summed E-state index contributed by atoms with van der Waals surface area (Å²) in [6.45, 7) is 9.40. The molecule has 2 aromatic carbocycles. The highest BCUT2D eigenvalue weighted by molar-refractivity contribution is 8.18. The molecule has 2 amide bonds. The largest absolute Gasteiger partial charge is 0.465 e. The van der Waals surface area contributed by atoms with E-state index in [-0.39, 0.29) is 23.9 Å². The maximum absolute atomic E-state index is 14.0. The smallest absolute Gasteiger partial charge is 0.407 e.